The zero-order chi connectivity index (χ0) is 17.8. The molecule has 2 aromatic rings. The molecule has 0 saturated heterocycles. The van der Waals surface area contributed by atoms with E-state index in [1.807, 2.05) is 36.4 Å². The van der Waals surface area contributed by atoms with Crippen molar-refractivity contribution in [2.75, 3.05) is 17.2 Å². The Labute approximate surface area is 147 Å². The van der Waals surface area contributed by atoms with Crippen LogP contribution in [0.15, 0.2) is 42.5 Å². The summed E-state index contributed by atoms with van der Waals surface area (Å²) in [5, 5.41) is 5.66. The third-order valence-electron chi connectivity index (χ3n) is 3.89. The Bertz CT molecular complexity index is 782. The molecule has 5 heteroatoms. The second-order valence-corrected chi connectivity index (χ2v) is 6.67. The number of amides is 2. The van der Waals surface area contributed by atoms with Gasteiger partial charge in [-0.05, 0) is 47.4 Å². The number of carbonyl (C=O) groups excluding carboxylic acids is 2. The highest BCUT2D eigenvalue weighted by atomic mass is 16.5. The molecule has 0 fully saturated rings. The van der Waals surface area contributed by atoms with Crippen LogP contribution in [0.5, 0.6) is 5.75 Å². The molecule has 1 heterocycles. The van der Waals surface area contributed by atoms with Crippen LogP contribution < -0.4 is 15.4 Å². The molecule has 0 aliphatic carbocycles. The van der Waals surface area contributed by atoms with Crippen molar-refractivity contribution < 1.29 is 14.3 Å². The molecule has 130 valence electrons. The minimum Gasteiger partial charge on any atom is -0.493 e. The van der Waals surface area contributed by atoms with Gasteiger partial charge in [-0.3, -0.25) is 9.59 Å². The molecule has 0 unspecified atom stereocenters. The molecule has 0 atom stereocenters. The van der Waals surface area contributed by atoms with Crippen molar-refractivity contribution in [2.45, 2.75) is 26.7 Å². The number of nitrogens with one attached hydrogen (secondary N) is 2. The number of ether oxygens (including phenoxy) is 1. The van der Waals surface area contributed by atoms with Gasteiger partial charge in [0.15, 0.2) is 0 Å². The monoisotopic (exact) mass is 338 g/mol. The molecule has 0 spiro atoms. The second kappa shape index (κ2) is 7.38. The van der Waals surface area contributed by atoms with Crippen molar-refractivity contribution in [3.05, 3.63) is 53.6 Å². The maximum Gasteiger partial charge on any atom is 0.228 e. The lowest BCUT2D eigenvalue weighted by Crippen LogP contribution is -2.14. The molecule has 5 nitrogen and oxygen atoms in total. The average molecular weight is 338 g/mol. The Kier molecular flexibility index (Phi) is 5.03. The predicted molar refractivity (Wildman–Crippen MR) is 97.9 cm³/mol. The number of carbonyl (C=O) groups is 2. The third-order valence-corrected chi connectivity index (χ3v) is 3.89. The molecule has 1 aliphatic heterocycles. The van der Waals surface area contributed by atoms with Gasteiger partial charge in [0, 0.05) is 11.4 Å². The smallest absolute Gasteiger partial charge is 0.228 e. The first-order valence-electron chi connectivity index (χ1n) is 8.44. The largest absolute Gasteiger partial charge is 0.493 e. The van der Waals surface area contributed by atoms with E-state index in [1.54, 1.807) is 6.07 Å². The molecule has 2 aromatic carbocycles. The summed E-state index contributed by atoms with van der Waals surface area (Å²) in [6.45, 7) is 4.88. The molecule has 0 saturated carbocycles. The second-order valence-electron chi connectivity index (χ2n) is 6.67. The van der Waals surface area contributed by atoms with Crippen molar-refractivity contribution in [1.29, 1.82) is 0 Å². The van der Waals surface area contributed by atoms with E-state index in [2.05, 4.69) is 24.5 Å². The van der Waals surface area contributed by atoms with Crippen molar-refractivity contribution in [3.63, 3.8) is 0 Å². The standard InChI is InChI=1S/C20H22N2O3/c1-13(2)12-25-17-6-3-14(4-7-17)9-19(23)21-16-5-8-18-15(10-16)11-20(24)22-18/h3-8,10,13H,9,11-12H2,1-2H3,(H,21,23)(H,22,24). The van der Waals surface area contributed by atoms with Gasteiger partial charge in [-0.1, -0.05) is 26.0 Å². The van der Waals surface area contributed by atoms with Gasteiger partial charge in [0.05, 0.1) is 19.4 Å². The Morgan fingerprint density at radius 3 is 2.68 bits per heavy atom. The molecule has 1 aliphatic rings. The van der Waals surface area contributed by atoms with Gasteiger partial charge < -0.3 is 15.4 Å². The summed E-state index contributed by atoms with van der Waals surface area (Å²) in [5.74, 6) is 1.18. The molecular weight excluding hydrogens is 316 g/mol. The number of fused-ring (bicyclic) bond motifs is 1. The molecule has 3 rings (SSSR count). The van der Waals surface area contributed by atoms with E-state index in [4.69, 9.17) is 4.74 Å². The van der Waals surface area contributed by atoms with Gasteiger partial charge in [-0.25, -0.2) is 0 Å². The summed E-state index contributed by atoms with van der Waals surface area (Å²) < 4.78 is 5.64. The van der Waals surface area contributed by atoms with Crippen molar-refractivity contribution >= 4 is 23.2 Å². The van der Waals surface area contributed by atoms with Gasteiger partial charge in [0.2, 0.25) is 11.8 Å². The highest BCUT2D eigenvalue weighted by Crippen LogP contribution is 2.26. The molecule has 0 radical (unpaired) electrons. The fourth-order valence-corrected chi connectivity index (χ4v) is 2.66. The summed E-state index contributed by atoms with van der Waals surface area (Å²) >= 11 is 0. The first-order valence-corrected chi connectivity index (χ1v) is 8.44. The van der Waals surface area contributed by atoms with Crippen LogP contribution in [0, 0.1) is 5.92 Å². The molecule has 2 N–H and O–H groups in total. The van der Waals surface area contributed by atoms with Crippen LogP contribution in [0.2, 0.25) is 0 Å². The van der Waals surface area contributed by atoms with Crippen molar-refractivity contribution in [3.8, 4) is 5.75 Å². The van der Waals surface area contributed by atoms with E-state index in [9.17, 15) is 9.59 Å². The lowest BCUT2D eigenvalue weighted by molar-refractivity contribution is -0.116. The first kappa shape index (κ1) is 17.0. The summed E-state index contributed by atoms with van der Waals surface area (Å²) in [6, 6.07) is 13.0. The number of hydrogen-bond acceptors (Lipinski definition) is 3. The highest BCUT2D eigenvalue weighted by Gasteiger charge is 2.17. The summed E-state index contributed by atoms with van der Waals surface area (Å²) in [4.78, 5) is 23.6. The quantitative estimate of drug-likeness (QED) is 0.848. The van der Waals surface area contributed by atoms with Crippen molar-refractivity contribution in [2.24, 2.45) is 5.92 Å². The average Bonchev–Trinajstić information content (AvgIpc) is 2.93. The van der Waals surface area contributed by atoms with E-state index >= 15 is 0 Å². The SMILES string of the molecule is CC(C)COc1ccc(CC(=O)Nc2ccc3c(c2)CC(=O)N3)cc1. The number of hydrogen-bond donors (Lipinski definition) is 2. The zero-order valence-electron chi connectivity index (χ0n) is 14.5. The van der Waals surface area contributed by atoms with E-state index in [0.29, 0.717) is 31.1 Å². The molecule has 0 aromatic heterocycles. The third kappa shape index (κ3) is 4.59. The fourth-order valence-electron chi connectivity index (χ4n) is 2.66. The van der Waals surface area contributed by atoms with Gasteiger partial charge in [-0.2, -0.15) is 0 Å². The number of rotatable bonds is 6. The van der Waals surface area contributed by atoms with Gasteiger partial charge in [0.25, 0.3) is 0 Å². The van der Waals surface area contributed by atoms with Gasteiger partial charge in [0.1, 0.15) is 5.75 Å². The van der Waals surface area contributed by atoms with Crippen LogP contribution in [-0.2, 0) is 22.4 Å². The topological polar surface area (TPSA) is 67.4 Å². The van der Waals surface area contributed by atoms with E-state index in [-0.39, 0.29) is 11.8 Å². The molecule has 0 bridgehead atoms. The summed E-state index contributed by atoms with van der Waals surface area (Å²) in [6.07, 6.45) is 0.648. The van der Waals surface area contributed by atoms with Gasteiger partial charge >= 0.3 is 0 Å². The molecule has 25 heavy (non-hydrogen) atoms. The fraction of sp³-hybridized carbons (Fsp3) is 0.300. The van der Waals surface area contributed by atoms with Crippen LogP contribution >= 0.6 is 0 Å². The van der Waals surface area contributed by atoms with Crippen molar-refractivity contribution in [1.82, 2.24) is 0 Å². The maximum absolute atomic E-state index is 12.2. The van der Waals surface area contributed by atoms with Crippen LogP contribution in [0.1, 0.15) is 25.0 Å². The minimum absolute atomic E-state index is 0.0155. The minimum atomic E-state index is -0.0897. The number of benzene rings is 2. The Morgan fingerprint density at radius 2 is 1.96 bits per heavy atom. The highest BCUT2D eigenvalue weighted by molar-refractivity contribution is 6.00. The molecule has 2 amide bonds. The van der Waals surface area contributed by atoms with Gasteiger partial charge in [-0.15, -0.1) is 0 Å². The Hall–Kier alpha value is -2.82. The Morgan fingerprint density at radius 1 is 1.20 bits per heavy atom. The lowest BCUT2D eigenvalue weighted by Gasteiger charge is -2.10. The van der Waals surface area contributed by atoms with Crippen LogP contribution in [-0.4, -0.2) is 18.4 Å². The van der Waals surface area contributed by atoms with E-state index in [1.165, 1.54) is 0 Å². The Balaban J connectivity index is 1.56. The normalized spacial score (nSPS) is 12.7. The van der Waals surface area contributed by atoms with E-state index < -0.39 is 0 Å². The van der Waals surface area contributed by atoms with E-state index in [0.717, 1.165) is 22.6 Å². The molecular formula is C20H22N2O3. The summed E-state index contributed by atoms with van der Waals surface area (Å²) in [7, 11) is 0. The predicted octanol–water partition coefficient (Wildman–Crippen LogP) is 3.40. The number of anilines is 2. The van der Waals surface area contributed by atoms with Crippen LogP contribution in [0.4, 0.5) is 11.4 Å². The maximum atomic E-state index is 12.2. The van der Waals surface area contributed by atoms with Crippen LogP contribution in [0.25, 0.3) is 0 Å². The first-order chi connectivity index (χ1) is 12.0. The van der Waals surface area contributed by atoms with Crippen LogP contribution in [0.3, 0.4) is 0 Å². The lowest BCUT2D eigenvalue weighted by atomic mass is 10.1. The summed E-state index contributed by atoms with van der Waals surface area (Å²) in [5.41, 5.74) is 3.36. The zero-order valence-corrected chi connectivity index (χ0v) is 14.5.